The molecule has 0 aliphatic carbocycles. The minimum atomic E-state index is 0.590. The van der Waals surface area contributed by atoms with Crippen LogP contribution in [-0.4, -0.2) is 6.54 Å². The van der Waals surface area contributed by atoms with Gasteiger partial charge in [-0.2, -0.15) is 10.2 Å². The molecule has 0 aromatic rings. The molecule has 0 amide bonds. The van der Waals surface area contributed by atoms with Gasteiger partial charge in [0.2, 0.25) is 0 Å². The first-order chi connectivity index (χ1) is 6.27. The van der Waals surface area contributed by atoms with Crippen LogP contribution in [0.15, 0.2) is 33.7 Å². The summed E-state index contributed by atoms with van der Waals surface area (Å²) < 4.78 is 0. The number of rotatable bonds is 3. The molecule has 2 heteroatoms. The van der Waals surface area contributed by atoms with E-state index in [0.29, 0.717) is 5.92 Å². The van der Waals surface area contributed by atoms with E-state index < -0.39 is 0 Å². The van der Waals surface area contributed by atoms with Gasteiger partial charge in [0.15, 0.2) is 0 Å². The molecule has 0 saturated heterocycles. The van der Waals surface area contributed by atoms with Crippen molar-refractivity contribution in [1.29, 1.82) is 0 Å². The maximum atomic E-state index is 4.16. The normalized spacial score (nSPS) is 23.2. The van der Waals surface area contributed by atoms with E-state index in [4.69, 9.17) is 0 Å². The molecular formula is C11H18N2. The number of nitrogens with zero attached hydrogens (tertiary/aromatic N) is 2. The van der Waals surface area contributed by atoms with Crippen molar-refractivity contribution in [3.8, 4) is 0 Å². The average Bonchev–Trinajstić information content (AvgIpc) is 2.18. The van der Waals surface area contributed by atoms with Gasteiger partial charge in [-0.15, -0.1) is 0 Å². The molecular weight excluding hydrogens is 160 g/mol. The van der Waals surface area contributed by atoms with E-state index in [1.165, 1.54) is 5.57 Å². The molecule has 0 saturated carbocycles. The Morgan fingerprint density at radius 1 is 1.62 bits per heavy atom. The first kappa shape index (κ1) is 10.2. The molecule has 0 aromatic carbocycles. The third kappa shape index (κ3) is 2.79. The van der Waals surface area contributed by atoms with Crippen LogP contribution in [0.25, 0.3) is 0 Å². The fourth-order valence-electron chi connectivity index (χ4n) is 1.40. The highest BCUT2D eigenvalue weighted by Crippen LogP contribution is 2.21. The average molecular weight is 178 g/mol. The van der Waals surface area contributed by atoms with E-state index >= 15 is 0 Å². The zero-order chi connectivity index (χ0) is 9.68. The van der Waals surface area contributed by atoms with Gasteiger partial charge in [0, 0.05) is 5.92 Å². The third-order valence-corrected chi connectivity index (χ3v) is 2.33. The molecule has 13 heavy (non-hydrogen) atoms. The van der Waals surface area contributed by atoms with Crippen LogP contribution >= 0.6 is 0 Å². The van der Waals surface area contributed by atoms with Crippen molar-refractivity contribution in [2.75, 3.05) is 6.54 Å². The second-order valence-corrected chi connectivity index (χ2v) is 3.44. The molecule has 0 unspecified atom stereocenters. The lowest BCUT2D eigenvalue weighted by Crippen LogP contribution is -2.04. The molecule has 1 aliphatic rings. The van der Waals surface area contributed by atoms with Gasteiger partial charge in [-0.05, 0) is 25.3 Å². The van der Waals surface area contributed by atoms with Gasteiger partial charge in [-0.25, -0.2) is 0 Å². The van der Waals surface area contributed by atoms with Gasteiger partial charge in [0.05, 0.1) is 12.2 Å². The van der Waals surface area contributed by atoms with Crippen molar-refractivity contribution in [3.63, 3.8) is 0 Å². The van der Waals surface area contributed by atoms with E-state index in [1.807, 2.05) is 0 Å². The Labute approximate surface area is 80.5 Å². The standard InChI is InChI=1S/C11H18N2/c1-4-6-9(3)11-7-10(5-2)8-12-13-11/h6-7,10H,4-5,8H2,1-3H3/t10-/m1/s1. The molecule has 0 fully saturated rings. The summed E-state index contributed by atoms with van der Waals surface area (Å²) in [7, 11) is 0. The van der Waals surface area contributed by atoms with Crippen molar-refractivity contribution in [2.45, 2.75) is 33.6 Å². The van der Waals surface area contributed by atoms with Gasteiger partial charge in [0.1, 0.15) is 0 Å². The molecule has 1 rings (SSSR count). The number of azo groups is 1. The highest BCUT2D eigenvalue weighted by molar-refractivity contribution is 5.28. The van der Waals surface area contributed by atoms with Crippen molar-refractivity contribution >= 4 is 0 Å². The maximum Gasteiger partial charge on any atom is 0.0842 e. The lowest BCUT2D eigenvalue weighted by atomic mass is 10.0. The van der Waals surface area contributed by atoms with Gasteiger partial charge in [0.25, 0.3) is 0 Å². The van der Waals surface area contributed by atoms with Crippen molar-refractivity contribution in [2.24, 2.45) is 16.1 Å². The summed E-state index contributed by atoms with van der Waals surface area (Å²) in [6.07, 6.45) is 6.66. The molecule has 0 spiro atoms. The molecule has 0 N–H and O–H groups in total. The predicted octanol–water partition coefficient (Wildman–Crippen LogP) is 3.72. The van der Waals surface area contributed by atoms with E-state index in [2.05, 4.69) is 43.2 Å². The van der Waals surface area contributed by atoms with E-state index in [1.54, 1.807) is 0 Å². The van der Waals surface area contributed by atoms with Crippen LogP contribution in [0.3, 0.4) is 0 Å². The number of hydrogen-bond acceptors (Lipinski definition) is 2. The Hall–Kier alpha value is -0.920. The van der Waals surface area contributed by atoms with Crippen molar-refractivity contribution < 1.29 is 0 Å². The topological polar surface area (TPSA) is 24.7 Å². The Bertz CT molecular complexity index is 249. The lowest BCUT2D eigenvalue weighted by molar-refractivity contribution is 0.600. The molecule has 72 valence electrons. The monoisotopic (exact) mass is 178 g/mol. The number of allylic oxidation sites excluding steroid dienone is 2. The number of hydrogen-bond donors (Lipinski definition) is 0. The predicted molar refractivity (Wildman–Crippen MR) is 55.6 cm³/mol. The van der Waals surface area contributed by atoms with Crippen LogP contribution < -0.4 is 0 Å². The molecule has 1 atom stereocenters. The van der Waals surface area contributed by atoms with Gasteiger partial charge < -0.3 is 0 Å². The minimum Gasteiger partial charge on any atom is -0.188 e. The molecule has 2 nitrogen and oxygen atoms in total. The lowest BCUT2D eigenvalue weighted by Gasteiger charge is -2.13. The molecule has 1 heterocycles. The van der Waals surface area contributed by atoms with Gasteiger partial charge in [-0.3, -0.25) is 0 Å². The van der Waals surface area contributed by atoms with Gasteiger partial charge in [-0.1, -0.05) is 26.0 Å². The Morgan fingerprint density at radius 3 is 3.00 bits per heavy atom. The largest absolute Gasteiger partial charge is 0.188 e. The maximum absolute atomic E-state index is 4.16. The molecule has 1 aliphatic heterocycles. The fourth-order valence-corrected chi connectivity index (χ4v) is 1.40. The van der Waals surface area contributed by atoms with Crippen LogP contribution in [0, 0.1) is 5.92 Å². The highest BCUT2D eigenvalue weighted by Gasteiger charge is 2.09. The summed E-state index contributed by atoms with van der Waals surface area (Å²) in [6, 6.07) is 0. The van der Waals surface area contributed by atoms with E-state index in [0.717, 1.165) is 25.1 Å². The zero-order valence-corrected chi connectivity index (χ0v) is 8.75. The summed E-state index contributed by atoms with van der Waals surface area (Å²) in [4.78, 5) is 0. The summed E-state index contributed by atoms with van der Waals surface area (Å²) in [6.45, 7) is 7.30. The summed E-state index contributed by atoms with van der Waals surface area (Å²) in [5, 5.41) is 8.29. The summed E-state index contributed by atoms with van der Waals surface area (Å²) in [5.41, 5.74) is 2.32. The minimum absolute atomic E-state index is 0.590. The fraction of sp³-hybridized carbons (Fsp3) is 0.636. The second-order valence-electron chi connectivity index (χ2n) is 3.44. The van der Waals surface area contributed by atoms with Crippen LogP contribution in [0.5, 0.6) is 0 Å². The molecule has 0 radical (unpaired) electrons. The van der Waals surface area contributed by atoms with Crippen LogP contribution in [-0.2, 0) is 0 Å². The first-order valence-electron chi connectivity index (χ1n) is 5.04. The van der Waals surface area contributed by atoms with Crippen molar-refractivity contribution in [1.82, 2.24) is 0 Å². The SMILES string of the molecule is CCC=C(C)C1=C[C@@H](CC)CN=N1. The van der Waals surface area contributed by atoms with E-state index in [9.17, 15) is 0 Å². The Balaban J connectivity index is 2.73. The third-order valence-electron chi connectivity index (χ3n) is 2.33. The smallest absolute Gasteiger partial charge is 0.0842 e. The highest BCUT2D eigenvalue weighted by atomic mass is 15.1. The summed E-state index contributed by atoms with van der Waals surface area (Å²) >= 11 is 0. The summed E-state index contributed by atoms with van der Waals surface area (Å²) in [5.74, 6) is 0.590. The van der Waals surface area contributed by atoms with Crippen LogP contribution in [0.1, 0.15) is 33.6 Å². The first-order valence-corrected chi connectivity index (χ1v) is 5.04. The van der Waals surface area contributed by atoms with Crippen LogP contribution in [0.4, 0.5) is 0 Å². The van der Waals surface area contributed by atoms with E-state index in [-0.39, 0.29) is 0 Å². The van der Waals surface area contributed by atoms with Gasteiger partial charge >= 0.3 is 0 Å². The van der Waals surface area contributed by atoms with Crippen LogP contribution in [0.2, 0.25) is 0 Å². The van der Waals surface area contributed by atoms with Crippen molar-refractivity contribution in [3.05, 3.63) is 23.4 Å². The zero-order valence-electron chi connectivity index (χ0n) is 8.75. The Kier molecular flexibility index (Phi) is 3.87. The molecule has 0 bridgehead atoms. The Morgan fingerprint density at radius 2 is 2.38 bits per heavy atom. The quantitative estimate of drug-likeness (QED) is 0.629. The molecule has 0 aromatic heterocycles. The second kappa shape index (κ2) is 4.95.